The van der Waals surface area contributed by atoms with Gasteiger partial charge in [0.1, 0.15) is 11.9 Å². The highest BCUT2D eigenvalue weighted by Gasteiger charge is 2.63. The maximum Gasteiger partial charge on any atom is 0.275 e. The molecule has 0 aromatic heterocycles. The fourth-order valence-electron chi connectivity index (χ4n) is 6.01. The third-order valence-electron chi connectivity index (χ3n) is 7.54. The summed E-state index contributed by atoms with van der Waals surface area (Å²) in [6, 6.07) is 9.89. The van der Waals surface area contributed by atoms with Gasteiger partial charge in [-0.3, -0.25) is 19.2 Å². The summed E-state index contributed by atoms with van der Waals surface area (Å²) in [7, 11) is 0. The Hall–Kier alpha value is -2.77. The van der Waals surface area contributed by atoms with Crippen molar-refractivity contribution in [3.63, 3.8) is 0 Å². The third kappa shape index (κ3) is 3.95. The van der Waals surface area contributed by atoms with Crippen molar-refractivity contribution in [2.75, 3.05) is 5.88 Å². The number of alkyl halides is 1. The van der Waals surface area contributed by atoms with Gasteiger partial charge in [-0.2, -0.15) is 5.01 Å². The number of halogens is 3. The quantitative estimate of drug-likeness (QED) is 0.302. The molecule has 5 atom stereocenters. The molecule has 182 valence electrons. The van der Waals surface area contributed by atoms with E-state index in [0.29, 0.717) is 0 Å². The molecular weight excluding hydrogens is 494 g/mol. The molecule has 9 heteroatoms. The summed E-state index contributed by atoms with van der Waals surface area (Å²) in [5, 5.41) is 1.96. The van der Waals surface area contributed by atoms with E-state index in [0.717, 1.165) is 41.4 Å². The largest absolute Gasteiger partial charge is 0.292 e. The van der Waals surface area contributed by atoms with Gasteiger partial charge in [-0.15, -0.1) is 11.6 Å². The molecule has 0 unspecified atom stereocenters. The summed E-state index contributed by atoms with van der Waals surface area (Å²) >= 11 is 12.3. The van der Waals surface area contributed by atoms with Crippen molar-refractivity contribution >= 4 is 46.7 Å². The zero-order valence-electron chi connectivity index (χ0n) is 18.7. The summed E-state index contributed by atoms with van der Waals surface area (Å²) in [5.41, 5.74) is 0.194. The minimum atomic E-state index is -1.26. The number of hydrogen-bond donors (Lipinski definition) is 0. The van der Waals surface area contributed by atoms with E-state index in [1.54, 1.807) is 12.1 Å². The van der Waals surface area contributed by atoms with Crippen molar-refractivity contribution in [2.45, 2.75) is 31.7 Å². The van der Waals surface area contributed by atoms with E-state index < -0.39 is 47.2 Å². The lowest BCUT2D eigenvalue weighted by Gasteiger charge is -2.37. The number of hydrogen-bond acceptors (Lipinski definition) is 4. The SMILES string of the molecule is O=C(c1ccc(F)cc1)[C@H](CCCl)N(C(=O)c1ccccc1Cl)N1C(=O)[C@@H]2[C@H]3CC[C@@H](C3)[C@H]2C1=O. The van der Waals surface area contributed by atoms with Crippen molar-refractivity contribution in [3.05, 3.63) is 70.5 Å². The molecule has 2 saturated carbocycles. The number of hydrazine groups is 1. The topological polar surface area (TPSA) is 74.8 Å². The van der Waals surface area contributed by atoms with E-state index in [1.165, 1.54) is 24.3 Å². The van der Waals surface area contributed by atoms with Crippen molar-refractivity contribution in [3.8, 4) is 0 Å². The van der Waals surface area contributed by atoms with Gasteiger partial charge in [-0.1, -0.05) is 23.7 Å². The molecule has 2 aliphatic carbocycles. The zero-order valence-corrected chi connectivity index (χ0v) is 20.2. The van der Waals surface area contributed by atoms with Crippen LogP contribution in [-0.2, 0) is 9.59 Å². The summed E-state index contributed by atoms with van der Waals surface area (Å²) in [6.07, 6.45) is 2.56. The van der Waals surface area contributed by atoms with E-state index in [4.69, 9.17) is 23.2 Å². The predicted octanol–water partition coefficient (Wildman–Crippen LogP) is 4.75. The first kappa shape index (κ1) is 23.9. The van der Waals surface area contributed by atoms with Crippen LogP contribution in [0, 0.1) is 29.5 Å². The highest BCUT2D eigenvalue weighted by molar-refractivity contribution is 6.34. The average molecular weight is 517 g/mol. The molecule has 6 nitrogen and oxygen atoms in total. The highest BCUT2D eigenvalue weighted by Crippen LogP contribution is 2.56. The van der Waals surface area contributed by atoms with Crippen LogP contribution in [0.1, 0.15) is 46.4 Å². The van der Waals surface area contributed by atoms with Gasteiger partial charge >= 0.3 is 0 Å². The normalized spacial score (nSPS) is 25.6. The van der Waals surface area contributed by atoms with Gasteiger partial charge in [0.15, 0.2) is 5.78 Å². The van der Waals surface area contributed by atoms with Gasteiger partial charge in [-0.05, 0) is 73.9 Å². The number of fused-ring (bicyclic) bond motifs is 5. The lowest BCUT2D eigenvalue weighted by Crippen LogP contribution is -2.58. The number of benzene rings is 2. The Morgan fingerprint density at radius 2 is 1.60 bits per heavy atom. The van der Waals surface area contributed by atoms with Crippen LogP contribution in [0.3, 0.4) is 0 Å². The molecule has 2 aromatic carbocycles. The van der Waals surface area contributed by atoms with Crippen molar-refractivity contribution in [1.82, 2.24) is 10.0 Å². The molecule has 1 aliphatic heterocycles. The fourth-order valence-corrected chi connectivity index (χ4v) is 6.43. The highest BCUT2D eigenvalue weighted by atomic mass is 35.5. The standard InChI is InChI=1S/C26H23Cl2FN2O4/c27-12-11-20(23(32)14-7-9-17(29)10-8-14)30(24(33)18-3-1-2-4-19(18)28)31-25(34)21-15-5-6-16(13-15)22(21)26(31)35/h1-4,7-10,15-16,20-22H,5-6,11-13H2/t15-,16-,20-,21+,22+/m0/s1. The molecule has 35 heavy (non-hydrogen) atoms. The second-order valence-electron chi connectivity index (χ2n) is 9.37. The second-order valence-corrected chi connectivity index (χ2v) is 10.2. The van der Waals surface area contributed by atoms with E-state index in [2.05, 4.69) is 0 Å². The average Bonchev–Trinajstić information content (AvgIpc) is 3.54. The molecule has 2 aromatic rings. The van der Waals surface area contributed by atoms with Gasteiger partial charge in [0.2, 0.25) is 0 Å². The van der Waals surface area contributed by atoms with Crippen LogP contribution in [-0.4, -0.2) is 45.4 Å². The molecule has 3 amide bonds. The molecule has 0 radical (unpaired) electrons. The smallest absolute Gasteiger partial charge is 0.275 e. The molecule has 1 saturated heterocycles. The van der Waals surface area contributed by atoms with Gasteiger partial charge in [0.25, 0.3) is 17.7 Å². The van der Waals surface area contributed by atoms with Crippen LogP contribution in [0.2, 0.25) is 5.02 Å². The number of nitrogens with zero attached hydrogens (tertiary/aromatic N) is 2. The first-order valence-electron chi connectivity index (χ1n) is 11.6. The second kappa shape index (κ2) is 9.36. The van der Waals surface area contributed by atoms with Gasteiger partial charge in [0.05, 0.1) is 22.4 Å². The maximum absolute atomic E-state index is 13.9. The monoisotopic (exact) mass is 516 g/mol. The minimum Gasteiger partial charge on any atom is -0.292 e. The summed E-state index contributed by atoms with van der Waals surface area (Å²) in [4.78, 5) is 54.8. The number of carbonyl (C=O) groups is 4. The van der Waals surface area contributed by atoms with Crippen LogP contribution in [0.5, 0.6) is 0 Å². The van der Waals surface area contributed by atoms with Crippen LogP contribution in [0.25, 0.3) is 0 Å². The Kier molecular flexibility index (Phi) is 6.40. The zero-order chi connectivity index (χ0) is 24.9. The lowest BCUT2D eigenvalue weighted by molar-refractivity contribution is -0.157. The molecule has 5 rings (SSSR count). The molecule has 0 spiro atoms. The summed E-state index contributed by atoms with van der Waals surface area (Å²) < 4.78 is 13.5. The fraction of sp³-hybridized carbons (Fsp3) is 0.385. The Labute approximate surface area is 211 Å². The number of imide groups is 1. The Morgan fingerprint density at radius 3 is 2.17 bits per heavy atom. The first-order chi connectivity index (χ1) is 16.8. The Balaban J connectivity index is 1.60. The van der Waals surface area contributed by atoms with Crippen molar-refractivity contribution in [1.29, 1.82) is 0 Å². The van der Waals surface area contributed by atoms with Gasteiger partial charge in [-0.25, -0.2) is 9.40 Å². The third-order valence-corrected chi connectivity index (χ3v) is 8.09. The molecular formula is C26H23Cl2FN2O4. The van der Waals surface area contributed by atoms with Gasteiger partial charge < -0.3 is 0 Å². The summed E-state index contributed by atoms with van der Waals surface area (Å²) in [6.45, 7) is 0. The van der Waals surface area contributed by atoms with Crippen LogP contribution in [0.15, 0.2) is 48.5 Å². The first-order valence-corrected chi connectivity index (χ1v) is 12.6. The molecule has 1 heterocycles. The number of Topliss-reactive ketones (excluding diaryl/α,β-unsaturated/α-hetero) is 1. The van der Waals surface area contributed by atoms with E-state index in [9.17, 15) is 23.6 Å². The molecule has 3 fully saturated rings. The van der Waals surface area contributed by atoms with Gasteiger partial charge in [0, 0.05) is 11.4 Å². The predicted molar refractivity (Wildman–Crippen MR) is 127 cm³/mol. The number of ketones is 1. The van der Waals surface area contributed by atoms with Crippen LogP contribution >= 0.6 is 23.2 Å². The van der Waals surface area contributed by atoms with E-state index >= 15 is 0 Å². The molecule has 0 N–H and O–H groups in total. The van der Waals surface area contributed by atoms with Crippen LogP contribution < -0.4 is 0 Å². The van der Waals surface area contributed by atoms with Crippen molar-refractivity contribution < 1.29 is 23.6 Å². The summed E-state index contributed by atoms with van der Waals surface area (Å²) in [5.74, 6) is -3.52. The van der Waals surface area contributed by atoms with Crippen molar-refractivity contribution in [2.24, 2.45) is 23.7 Å². The van der Waals surface area contributed by atoms with Crippen LogP contribution in [0.4, 0.5) is 4.39 Å². The van der Waals surface area contributed by atoms with E-state index in [-0.39, 0.29) is 40.3 Å². The molecule has 3 aliphatic rings. The minimum absolute atomic E-state index is 0.0156. The number of carbonyl (C=O) groups excluding carboxylic acids is 4. The lowest BCUT2D eigenvalue weighted by atomic mass is 9.81. The van der Waals surface area contributed by atoms with E-state index in [1.807, 2.05) is 0 Å². The maximum atomic E-state index is 13.9. The molecule has 2 bridgehead atoms. The number of rotatable bonds is 7. The Morgan fingerprint density at radius 1 is 1.00 bits per heavy atom. The Bertz CT molecular complexity index is 1180. The number of amides is 3.